The molecule has 1 amide bonds. The number of aryl methyl sites for hydroxylation is 1. The Labute approximate surface area is 120 Å². The van der Waals surface area contributed by atoms with E-state index in [1.807, 2.05) is 0 Å². The molecule has 0 radical (unpaired) electrons. The van der Waals surface area contributed by atoms with Crippen LogP contribution in [-0.4, -0.2) is 17.3 Å². The first kappa shape index (κ1) is 14.4. The van der Waals surface area contributed by atoms with Crippen LogP contribution in [0.25, 0.3) is 0 Å². The Morgan fingerprint density at radius 2 is 1.84 bits per heavy atom. The fraction of sp³-hybridized carbons (Fsp3) is 0.562. The van der Waals surface area contributed by atoms with E-state index in [0.29, 0.717) is 0 Å². The van der Waals surface area contributed by atoms with Crippen LogP contribution in [-0.2, 0) is 11.2 Å². The molecule has 3 heteroatoms. The Balaban J connectivity index is 2.12. The Hall–Kier alpha value is -1.02. The van der Waals surface area contributed by atoms with Crippen molar-refractivity contribution >= 4 is 17.5 Å². The molecule has 104 valence electrons. The molecule has 1 aromatic carbocycles. The summed E-state index contributed by atoms with van der Waals surface area (Å²) in [5.41, 5.74) is 2.48. The molecule has 1 aliphatic carbocycles. The number of benzene rings is 1. The molecule has 19 heavy (non-hydrogen) atoms. The second-order valence-electron chi connectivity index (χ2n) is 5.69. The maximum atomic E-state index is 11.7. The summed E-state index contributed by atoms with van der Waals surface area (Å²) in [6.07, 6.45) is 6.68. The van der Waals surface area contributed by atoms with Gasteiger partial charge in [0.2, 0.25) is 5.91 Å². The molecule has 0 saturated heterocycles. The minimum atomic E-state index is -0.0838. The zero-order chi connectivity index (χ0) is 13.7. The van der Waals surface area contributed by atoms with Gasteiger partial charge in [0.25, 0.3) is 0 Å². The fourth-order valence-electron chi connectivity index (χ4n) is 3.00. The Bertz CT molecular complexity index is 421. The van der Waals surface area contributed by atoms with E-state index in [9.17, 15) is 4.79 Å². The Morgan fingerprint density at radius 3 is 2.42 bits per heavy atom. The summed E-state index contributed by atoms with van der Waals surface area (Å²) in [4.78, 5) is 11.7. The van der Waals surface area contributed by atoms with Gasteiger partial charge < -0.3 is 5.32 Å². The molecule has 0 aliphatic heterocycles. The molecule has 2 rings (SSSR count). The summed E-state index contributed by atoms with van der Waals surface area (Å²) >= 11 is 5.64. The summed E-state index contributed by atoms with van der Waals surface area (Å²) in [5.74, 6) is 0.00557. The number of hydrogen-bond donors (Lipinski definition) is 1. The molecule has 1 N–H and O–H groups in total. The van der Waals surface area contributed by atoms with Crippen LogP contribution < -0.4 is 5.32 Å². The highest BCUT2D eigenvalue weighted by molar-refractivity contribution is 6.27. The molecular weight excluding hydrogens is 258 g/mol. The number of nitrogens with one attached hydrogen (secondary N) is 1. The van der Waals surface area contributed by atoms with E-state index in [-0.39, 0.29) is 17.3 Å². The third kappa shape index (κ3) is 3.97. The van der Waals surface area contributed by atoms with E-state index < -0.39 is 0 Å². The fourth-order valence-corrected chi connectivity index (χ4v) is 3.07. The van der Waals surface area contributed by atoms with Crippen molar-refractivity contribution in [1.29, 1.82) is 0 Å². The lowest BCUT2D eigenvalue weighted by atomic mass is 9.77. The predicted octanol–water partition coefficient (Wildman–Crippen LogP) is 3.60. The van der Waals surface area contributed by atoms with Gasteiger partial charge in [-0.1, -0.05) is 49.1 Å². The quantitative estimate of drug-likeness (QED) is 0.839. The molecule has 0 heterocycles. The predicted molar refractivity (Wildman–Crippen MR) is 79.6 cm³/mol. The first-order valence-electron chi connectivity index (χ1n) is 7.06. The zero-order valence-corrected chi connectivity index (χ0v) is 12.3. The first-order valence-corrected chi connectivity index (χ1v) is 7.60. The summed E-state index contributed by atoms with van der Waals surface area (Å²) < 4.78 is 0. The minimum Gasteiger partial charge on any atom is -0.349 e. The number of carbonyl (C=O) groups excluding carboxylic acids is 1. The molecular formula is C16H22ClNO. The lowest BCUT2D eigenvalue weighted by Crippen LogP contribution is -2.51. The SMILES string of the molecule is Cc1ccc(CC2(NC(=O)CCl)CCCCC2)cc1. The molecule has 0 aromatic heterocycles. The number of alkyl halides is 1. The number of rotatable bonds is 4. The Morgan fingerprint density at radius 1 is 1.21 bits per heavy atom. The van der Waals surface area contributed by atoms with Crippen molar-refractivity contribution in [2.45, 2.75) is 51.0 Å². The van der Waals surface area contributed by atoms with Crippen LogP contribution >= 0.6 is 11.6 Å². The minimum absolute atomic E-state index is 0.0457. The van der Waals surface area contributed by atoms with E-state index in [4.69, 9.17) is 11.6 Å². The van der Waals surface area contributed by atoms with Crippen LogP contribution in [0.4, 0.5) is 0 Å². The van der Waals surface area contributed by atoms with Crippen molar-refractivity contribution in [3.05, 3.63) is 35.4 Å². The second-order valence-corrected chi connectivity index (χ2v) is 5.95. The standard InChI is InChI=1S/C16H22ClNO/c1-13-5-7-14(8-6-13)11-16(18-15(19)12-17)9-3-2-4-10-16/h5-8H,2-4,9-12H2,1H3,(H,18,19). The summed E-state index contributed by atoms with van der Waals surface area (Å²) in [6.45, 7) is 2.09. The number of hydrogen-bond acceptors (Lipinski definition) is 1. The topological polar surface area (TPSA) is 29.1 Å². The summed E-state index contributed by atoms with van der Waals surface area (Å²) in [7, 11) is 0. The number of amides is 1. The van der Waals surface area contributed by atoms with Gasteiger partial charge in [-0.15, -0.1) is 11.6 Å². The van der Waals surface area contributed by atoms with Gasteiger partial charge >= 0.3 is 0 Å². The Kier molecular flexibility index (Phi) is 4.87. The van der Waals surface area contributed by atoms with Gasteiger partial charge in [-0.3, -0.25) is 4.79 Å². The number of carbonyl (C=O) groups is 1. The van der Waals surface area contributed by atoms with Crippen molar-refractivity contribution in [2.24, 2.45) is 0 Å². The third-order valence-electron chi connectivity index (χ3n) is 4.00. The molecule has 1 saturated carbocycles. The molecule has 0 unspecified atom stereocenters. The van der Waals surface area contributed by atoms with E-state index >= 15 is 0 Å². The van der Waals surface area contributed by atoms with Crippen molar-refractivity contribution in [3.8, 4) is 0 Å². The zero-order valence-electron chi connectivity index (χ0n) is 11.5. The van der Waals surface area contributed by atoms with E-state index in [1.165, 1.54) is 30.4 Å². The molecule has 1 aliphatic rings. The van der Waals surface area contributed by atoms with Crippen LogP contribution in [0.3, 0.4) is 0 Å². The maximum absolute atomic E-state index is 11.7. The van der Waals surface area contributed by atoms with Crippen molar-refractivity contribution in [3.63, 3.8) is 0 Å². The summed E-state index contributed by atoms with van der Waals surface area (Å²) in [5, 5.41) is 3.17. The van der Waals surface area contributed by atoms with Gasteiger partial charge in [-0.2, -0.15) is 0 Å². The van der Waals surface area contributed by atoms with Crippen LogP contribution in [0.15, 0.2) is 24.3 Å². The molecule has 0 atom stereocenters. The molecule has 1 fully saturated rings. The van der Waals surface area contributed by atoms with Gasteiger partial charge in [-0.05, 0) is 31.7 Å². The highest BCUT2D eigenvalue weighted by Crippen LogP contribution is 2.31. The van der Waals surface area contributed by atoms with E-state index in [1.54, 1.807) is 0 Å². The second kappa shape index (κ2) is 6.42. The number of halogens is 1. The lowest BCUT2D eigenvalue weighted by molar-refractivity contribution is -0.121. The van der Waals surface area contributed by atoms with Gasteiger partial charge in [-0.25, -0.2) is 0 Å². The van der Waals surface area contributed by atoms with Crippen LogP contribution in [0.2, 0.25) is 0 Å². The van der Waals surface area contributed by atoms with Crippen LogP contribution in [0.5, 0.6) is 0 Å². The average molecular weight is 280 g/mol. The molecule has 2 nitrogen and oxygen atoms in total. The van der Waals surface area contributed by atoms with Crippen molar-refractivity contribution in [2.75, 3.05) is 5.88 Å². The van der Waals surface area contributed by atoms with Crippen LogP contribution in [0.1, 0.15) is 43.2 Å². The van der Waals surface area contributed by atoms with Crippen molar-refractivity contribution < 1.29 is 4.79 Å². The highest BCUT2D eigenvalue weighted by Gasteiger charge is 2.33. The monoisotopic (exact) mass is 279 g/mol. The largest absolute Gasteiger partial charge is 0.349 e. The highest BCUT2D eigenvalue weighted by atomic mass is 35.5. The molecule has 0 bridgehead atoms. The van der Waals surface area contributed by atoms with Gasteiger partial charge in [0.1, 0.15) is 5.88 Å². The summed E-state index contributed by atoms with van der Waals surface area (Å²) in [6, 6.07) is 8.60. The maximum Gasteiger partial charge on any atom is 0.235 e. The lowest BCUT2D eigenvalue weighted by Gasteiger charge is -2.38. The smallest absolute Gasteiger partial charge is 0.235 e. The first-order chi connectivity index (χ1) is 9.13. The van der Waals surface area contributed by atoms with Gasteiger partial charge in [0, 0.05) is 5.54 Å². The normalized spacial score (nSPS) is 18.0. The van der Waals surface area contributed by atoms with Crippen molar-refractivity contribution in [1.82, 2.24) is 5.32 Å². The van der Waals surface area contributed by atoms with E-state index in [2.05, 4.69) is 36.5 Å². The van der Waals surface area contributed by atoms with E-state index in [0.717, 1.165) is 19.3 Å². The average Bonchev–Trinajstić information content (AvgIpc) is 2.42. The molecule has 0 spiro atoms. The van der Waals surface area contributed by atoms with Gasteiger partial charge in [0.05, 0.1) is 0 Å². The van der Waals surface area contributed by atoms with Gasteiger partial charge in [0.15, 0.2) is 0 Å². The molecule has 1 aromatic rings. The third-order valence-corrected chi connectivity index (χ3v) is 4.24. The van der Waals surface area contributed by atoms with Crippen LogP contribution in [0, 0.1) is 6.92 Å².